The maximum absolute atomic E-state index is 9.86. The first kappa shape index (κ1) is 9.80. The molecule has 0 saturated heterocycles. The van der Waals surface area contributed by atoms with Gasteiger partial charge >= 0.3 is 0 Å². The fourth-order valence-corrected chi connectivity index (χ4v) is 1.67. The van der Waals surface area contributed by atoms with Crippen molar-refractivity contribution in [2.45, 2.75) is 17.9 Å². The smallest absolute Gasteiger partial charge is 0.230 e. The summed E-state index contributed by atoms with van der Waals surface area (Å²) in [6.07, 6.45) is -0.558. The van der Waals surface area contributed by atoms with Crippen LogP contribution in [0.3, 0.4) is 0 Å². The van der Waals surface area contributed by atoms with Crippen LogP contribution in [0.15, 0.2) is 18.2 Å². The second-order valence-electron chi connectivity index (χ2n) is 3.23. The fourth-order valence-electron chi connectivity index (χ4n) is 1.38. The highest BCUT2D eigenvalue weighted by molar-refractivity contribution is 9.09. The predicted molar refractivity (Wildman–Crippen MR) is 55.9 cm³/mol. The predicted octanol–water partition coefficient (Wildman–Crippen LogP) is 2.23. The Morgan fingerprint density at radius 3 is 2.93 bits per heavy atom. The van der Waals surface area contributed by atoms with Crippen LogP contribution in [0.1, 0.15) is 18.6 Å². The van der Waals surface area contributed by atoms with Gasteiger partial charge in [0.1, 0.15) is 11.5 Å². The zero-order valence-corrected chi connectivity index (χ0v) is 9.32. The number of hydrogen-bond acceptors (Lipinski definition) is 3. The van der Waals surface area contributed by atoms with E-state index >= 15 is 0 Å². The van der Waals surface area contributed by atoms with E-state index in [1.54, 1.807) is 6.07 Å². The molecule has 0 aromatic heterocycles. The van der Waals surface area contributed by atoms with Crippen LogP contribution in [0.2, 0.25) is 0 Å². The van der Waals surface area contributed by atoms with Crippen LogP contribution in [0.4, 0.5) is 0 Å². The molecular weight excluding hydrogens is 248 g/mol. The zero-order valence-electron chi connectivity index (χ0n) is 7.74. The van der Waals surface area contributed by atoms with Gasteiger partial charge in [0.25, 0.3) is 0 Å². The minimum atomic E-state index is -0.558. The standard InChI is InChI=1S/C10H11BrO3/c1-6(11)10(12)8-3-2-7-4-9(8)14-5-13-7/h2-4,6,10,12H,5H2,1H3. The summed E-state index contributed by atoms with van der Waals surface area (Å²) in [5, 5.41) is 9.86. The lowest BCUT2D eigenvalue weighted by Gasteiger charge is -2.22. The van der Waals surface area contributed by atoms with Crippen LogP contribution in [-0.2, 0) is 0 Å². The highest BCUT2D eigenvalue weighted by Gasteiger charge is 2.20. The summed E-state index contributed by atoms with van der Waals surface area (Å²) in [5.41, 5.74) is 0.793. The number of aliphatic hydroxyl groups excluding tert-OH is 1. The molecule has 2 rings (SSSR count). The van der Waals surface area contributed by atoms with Gasteiger partial charge < -0.3 is 14.6 Å². The minimum absolute atomic E-state index is 0.00366. The quantitative estimate of drug-likeness (QED) is 0.828. The molecule has 1 aromatic carbocycles. The van der Waals surface area contributed by atoms with Gasteiger partial charge in [-0.25, -0.2) is 0 Å². The Balaban J connectivity index is 2.35. The molecule has 0 amide bonds. The summed E-state index contributed by atoms with van der Waals surface area (Å²) in [5.74, 6) is 1.48. The van der Waals surface area contributed by atoms with Gasteiger partial charge in [0.15, 0.2) is 0 Å². The second-order valence-corrected chi connectivity index (χ2v) is 4.67. The fraction of sp³-hybridized carbons (Fsp3) is 0.400. The molecule has 1 aliphatic heterocycles. The summed E-state index contributed by atoms with van der Waals surface area (Å²) in [6, 6.07) is 5.45. The average molecular weight is 259 g/mol. The Labute approximate surface area is 90.8 Å². The second kappa shape index (κ2) is 3.79. The van der Waals surface area contributed by atoms with E-state index in [1.807, 2.05) is 19.1 Å². The van der Waals surface area contributed by atoms with Gasteiger partial charge in [-0.3, -0.25) is 0 Å². The molecule has 1 heterocycles. The van der Waals surface area contributed by atoms with Crippen LogP contribution < -0.4 is 9.47 Å². The minimum Gasteiger partial charge on any atom is -0.457 e. The molecule has 3 nitrogen and oxygen atoms in total. The largest absolute Gasteiger partial charge is 0.457 e. The Morgan fingerprint density at radius 1 is 1.43 bits per heavy atom. The van der Waals surface area contributed by atoms with Gasteiger partial charge in [-0.05, 0) is 19.1 Å². The number of ether oxygens (including phenoxy) is 2. The van der Waals surface area contributed by atoms with Crippen molar-refractivity contribution >= 4 is 15.9 Å². The molecule has 0 spiro atoms. The van der Waals surface area contributed by atoms with Crippen LogP contribution in [0.5, 0.6) is 11.5 Å². The third-order valence-electron chi connectivity index (χ3n) is 2.18. The van der Waals surface area contributed by atoms with Crippen molar-refractivity contribution < 1.29 is 14.6 Å². The van der Waals surface area contributed by atoms with Crippen molar-refractivity contribution in [2.75, 3.05) is 6.79 Å². The number of fused-ring (bicyclic) bond motifs is 2. The number of rotatable bonds is 2. The maximum Gasteiger partial charge on any atom is 0.230 e. The zero-order chi connectivity index (χ0) is 10.1. The van der Waals surface area contributed by atoms with E-state index in [1.165, 1.54) is 0 Å². The van der Waals surface area contributed by atoms with E-state index in [-0.39, 0.29) is 11.6 Å². The summed E-state index contributed by atoms with van der Waals surface area (Å²) in [4.78, 5) is -0.00366. The Bertz CT molecular complexity index is 338. The lowest BCUT2D eigenvalue weighted by molar-refractivity contribution is 0.0971. The summed E-state index contributed by atoms with van der Waals surface area (Å²) < 4.78 is 10.4. The van der Waals surface area contributed by atoms with Crippen molar-refractivity contribution in [2.24, 2.45) is 0 Å². The number of hydrogen-bond donors (Lipinski definition) is 1. The molecule has 1 aliphatic rings. The van der Waals surface area contributed by atoms with E-state index in [0.29, 0.717) is 5.75 Å². The van der Waals surface area contributed by atoms with Crippen LogP contribution in [0, 0.1) is 0 Å². The highest BCUT2D eigenvalue weighted by atomic mass is 79.9. The van der Waals surface area contributed by atoms with Gasteiger partial charge in [-0.2, -0.15) is 0 Å². The normalized spacial score (nSPS) is 17.9. The number of benzene rings is 1. The summed E-state index contributed by atoms with van der Waals surface area (Å²) in [7, 11) is 0. The van der Waals surface area contributed by atoms with Gasteiger partial charge in [0.05, 0.1) is 6.10 Å². The van der Waals surface area contributed by atoms with Crippen LogP contribution in [-0.4, -0.2) is 16.7 Å². The summed E-state index contributed by atoms with van der Waals surface area (Å²) in [6.45, 7) is 2.11. The van der Waals surface area contributed by atoms with Gasteiger partial charge in [0, 0.05) is 16.5 Å². The van der Waals surface area contributed by atoms with Crippen molar-refractivity contribution in [3.63, 3.8) is 0 Å². The Kier molecular flexibility index (Phi) is 2.65. The lowest BCUT2D eigenvalue weighted by Crippen LogP contribution is -2.15. The molecule has 4 heteroatoms. The van der Waals surface area contributed by atoms with E-state index in [9.17, 15) is 5.11 Å². The molecular formula is C10H11BrO3. The van der Waals surface area contributed by atoms with Gasteiger partial charge in [-0.15, -0.1) is 0 Å². The molecule has 76 valence electrons. The first-order chi connectivity index (χ1) is 6.68. The van der Waals surface area contributed by atoms with E-state index in [0.717, 1.165) is 11.3 Å². The average Bonchev–Trinajstić information content (AvgIpc) is 2.17. The molecule has 2 atom stereocenters. The SMILES string of the molecule is CC(Br)C(O)c1ccc2cc1OCO2. The Hall–Kier alpha value is -0.740. The van der Waals surface area contributed by atoms with Gasteiger partial charge in [0.2, 0.25) is 6.79 Å². The van der Waals surface area contributed by atoms with Crippen molar-refractivity contribution in [3.05, 3.63) is 23.8 Å². The molecule has 14 heavy (non-hydrogen) atoms. The first-order valence-electron chi connectivity index (χ1n) is 4.40. The molecule has 0 saturated carbocycles. The molecule has 0 radical (unpaired) electrons. The number of alkyl halides is 1. The highest BCUT2D eigenvalue weighted by Crippen LogP contribution is 2.35. The molecule has 1 N–H and O–H groups in total. The molecule has 1 aromatic rings. The summed E-state index contributed by atoms with van der Waals surface area (Å²) >= 11 is 3.34. The monoisotopic (exact) mass is 258 g/mol. The number of halogens is 1. The van der Waals surface area contributed by atoms with Crippen LogP contribution in [0.25, 0.3) is 0 Å². The van der Waals surface area contributed by atoms with Gasteiger partial charge in [-0.1, -0.05) is 15.9 Å². The molecule has 2 unspecified atom stereocenters. The molecule has 0 aliphatic carbocycles. The maximum atomic E-state index is 9.86. The third kappa shape index (κ3) is 1.72. The van der Waals surface area contributed by atoms with Crippen molar-refractivity contribution in [1.29, 1.82) is 0 Å². The van der Waals surface area contributed by atoms with E-state index < -0.39 is 6.10 Å². The van der Waals surface area contributed by atoms with Crippen LogP contribution >= 0.6 is 15.9 Å². The molecule has 0 fully saturated rings. The van der Waals surface area contributed by atoms with E-state index in [2.05, 4.69) is 15.9 Å². The molecule has 2 bridgehead atoms. The first-order valence-corrected chi connectivity index (χ1v) is 5.32. The third-order valence-corrected chi connectivity index (χ3v) is 2.68. The van der Waals surface area contributed by atoms with E-state index in [4.69, 9.17) is 9.47 Å². The lowest BCUT2D eigenvalue weighted by atomic mass is 10.1. The Morgan fingerprint density at radius 2 is 2.21 bits per heavy atom. The topological polar surface area (TPSA) is 38.7 Å². The number of aliphatic hydroxyl groups is 1. The van der Waals surface area contributed by atoms with Crippen molar-refractivity contribution in [1.82, 2.24) is 0 Å². The van der Waals surface area contributed by atoms with Crippen molar-refractivity contribution in [3.8, 4) is 11.5 Å².